The maximum atomic E-state index is 13.1. The average Bonchev–Trinajstić information content (AvgIpc) is 3.22. The van der Waals surface area contributed by atoms with Crippen LogP contribution in [0.2, 0.25) is 0 Å². The third-order valence-electron chi connectivity index (χ3n) is 4.85. The molecule has 5 heteroatoms. The van der Waals surface area contributed by atoms with Crippen molar-refractivity contribution in [3.63, 3.8) is 0 Å². The summed E-state index contributed by atoms with van der Waals surface area (Å²) in [6.45, 7) is 2.30. The van der Waals surface area contributed by atoms with E-state index in [1.54, 1.807) is 37.4 Å². The van der Waals surface area contributed by atoms with Gasteiger partial charge in [0.15, 0.2) is 9.84 Å². The molecule has 1 fully saturated rings. The first-order valence-electron chi connectivity index (χ1n) is 8.10. The molecule has 0 spiro atoms. The van der Waals surface area contributed by atoms with Crippen LogP contribution in [0.4, 0.5) is 0 Å². The summed E-state index contributed by atoms with van der Waals surface area (Å²) in [6, 6.07) is 16.6. The highest BCUT2D eigenvalue weighted by atomic mass is 32.2. The van der Waals surface area contributed by atoms with Gasteiger partial charge < -0.3 is 10.5 Å². The van der Waals surface area contributed by atoms with E-state index in [1.807, 2.05) is 24.3 Å². The van der Waals surface area contributed by atoms with E-state index in [1.165, 1.54) is 5.56 Å². The molecule has 3 atom stereocenters. The molecule has 0 aliphatic heterocycles. The molecule has 2 aromatic rings. The maximum absolute atomic E-state index is 13.1. The fourth-order valence-corrected chi connectivity index (χ4v) is 5.83. The zero-order valence-electron chi connectivity index (χ0n) is 14.0. The van der Waals surface area contributed by atoms with Crippen molar-refractivity contribution in [2.24, 2.45) is 5.73 Å². The smallest absolute Gasteiger partial charge is 0.183 e. The van der Waals surface area contributed by atoms with Crippen molar-refractivity contribution in [2.45, 2.75) is 34.9 Å². The third kappa shape index (κ3) is 2.77. The lowest BCUT2D eigenvalue weighted by atomic mass is 10.0. The number of nitrogens with two attached hydrogens (primary N) is 1. The van der Waals surface area contributed by atoms with Crippen LogP contribution in [-0.2, 0) is 21.0 Å². The quantitative estimate of drug-likeness (QED) is 0.873. The molecule has 3 rings (SSSR count). The van der Waals surface area contributed by atoms with Gasteiger partial charge in [0, 0.05) is 13.0 Å². The molecule has 0 amide bonds. The Morgan fingerprint density at radius 3 is 2.25 bits per heavy atom. The number of ether oxygens (including phenoxy) is 1. The Labute approximate surface area is 143 Å². The van der Waals surface area contributed by atoms with Crippen LogP contribution in [0.1, 0.15) is 24.0 Å². The summed E-state index contributed by atoms with van der Waals surface area (Å²) in [6.07, 6.45) is 0.947. The molecule has 0 aromatic heterocycles. The predicted octanol–water partition coefficient (Wildman–Crippen LogP) is 2.53. The second-order valence-electron chi connectivity index (χ2n) is 6.40. The summed E-state index contributed by atoms with van der Waals surface area (Å²) in [5.74, 6) is -0.256. The molecule has 1 aliphatic rings. The Morgan fingerprint density at radius 1 is 1.08 bits per heavy atom. The van der Waals surface area contributed by atoms with E-state index < -0.39 is 20.6 Å². The number of hydrogen-bond donors (Lipinski definition) is 1. The normalized spacial score (nSPS) is 26.3. The van der Waals surface area contributed by atoms with Gasteiger partial charge in [-0.05, 0) is 29.7 Å². The summed E-state index contributed by atoms with van der Waals surface area (Å²) in [7, 11) is -1.96. The van der Waals surface area contributed by atoms with Crippen molar-refractivity contribution in [3.8, 4) is 0 Å². The zero-order valence-corrected chi connectivity index (χ0v) is 14.8. The highest BCUT2D eigenvalue weighted by Gasteiger charge is 2.69. The molecule has 0 saturated heterocycles. The minimum absolute atomic E-state index is 0.212. The minimum atomic E-state index is -3.51. The lowest BCUT2D eigenvalue weighted by Crippen LogP contribution is -2.35. The van der Waals surface area contributed by atoms with Crippen molar-refractivity contribution >= 4 is 9.84 Å². The van der Waals surface area contributed by atoms with Crippen LogP contribution in [0.25, 0.3) is 0 Å². The van der Waals surface area contributed by atoms with Gasteiger partial charge in [0.05, 0.1) is 22.3 Å². The molecule has 4 nitrogen and oxygen atoms in total. The number of hydrogen-bond acceptors (Lipinski definition) is 4. The standard InChI is InChI=1S/C19H23NO3S/c1-3-14-9-11-15(12-10-14)17-18(19(17,20)13-23-2)24(21,22)16-7-5-4-6-8-16/h4-12,17-18H,3,13,20H2,1-2H3/t17-,18+,19+/m0/s1. The van der Waals surface area contributed by atoms with Gasteiger partial charge in [0.25, 0.3) is 0 Å². The predicted molar refractivity (Wildman–Crippen MR) is 94.8 cm³/mol. The van der Waals surface area contributed by atoms with E-state index in [2.05, 4.69) is 6.92 Å². The van der Waals surface area contributed by atoms with Crippen LogP contribution >= 0.6 is 0 Å². The van der Waals surface area contributed by atoms with Gasteiger partial charge in [0.2, 0.25) is 0 Å². The van der Waals surface area contributed by atoms with Gasteiger partial charge in [-0.15, -0.1) is 0 Å². The SMILES string of the molecule is CCc1ccc([C@H]2[C@@H](S(=O)(=O)c3ccccc3)[C@@]2(N)COC)cc1. The maximum Gasteiger partial charge on any atom is 0.183 e. The lowest BCUT2D eigenvalue weighted by molar-refractivity contribution is 0.171. The van der Waals surface area contributed by atoms with Crippen molar-refractivity contribution in [2.75, 3.05) is 13.7 Å². The van der Waals surface area contributed by atoms with E-state index in [0.717, 1.165) is 12.0 Å². The first-order valence-corrected chi connectivity index (χ1v) is 9.65. The zero-order chi connectivity index (χ0) is 17.4. The molecule has 2 N–H and O–H groups in total. The van der Waals surface area contributed by atoms with E-state index in [9.17, 15) is 8.42 Å². The summed E-state index contributed by atoms with van der Waals surface area (Å²) < 4.78 is 31.3. The molecule has 0 bridgehead atoms. The van der Waals surface area contributed by atoms with Gasteiger partial charge in [-0.3, -0.25) is 0 Å². The van der Waals surface area contributed by atoms with Crippen molar-refractivity contribution in [1.82, 2.24) is 0 Å². The number of sulfone groups is 1. The van der Waals surface area contributed by atoms with Crippen LogP contribution in [0.5, 0.6) is 0 Å². The fourth-order valence-electron chi connectivity index (χ4n) is 3.52. The van der Waals surface area contributed by atoms with Crippen molar-refractivity contribution in [3.05, 3.63) is 65.7 Å². The molecule has 2 aromatic carbocycles. The summed E-state index contributed by atoms with van der Waals surface area (Å²) >= 11 is 0. The fraction of sp³-hybridized carbons (Fsp3) is 0.368. The molecule has 0 heterocycles. The van der Waals surface area contributed by atoms with E-state index in [-0.39, 0.29) is 12.5 Å². The minimum Gasteiger partial charge on any atom is -0.383 e. The van der Waals surface area contributed by atoms with E-state index >= 15 is 0 Å². The Bertz CT molecular complexity index is 802. The Morgan fingerprint density at radius 2 is 1.71 bits per heavy atom. The summed E-state index contributed by atoms with van der Waals surface area (Å²) in [5, 5.41) is -0.667. The molecular formula is C19H23NO3S. The van der Waals surface area contributed by atoms with E-state index in [4.69, 9.17) is 10.5 Å². The molecule has 1 aliphatic carbocycles. The van der Waals surface area contributed by atoms with Gasteiger partial charge in [-0.2, -0.15) is 0 Å². The second kappa shape index (κ2) is 6.31. The van der Waals surface area contributed by atoms with Gasteiger partial charge in [-0.25, -0.2) is 8.42 Å². The highest BCUT2D eigenvalue weighted by molar-refractivity contribution is 7.92. The number of methoxy groups -OCH3 is 1. The summed E-state index contributed by atoms with van der Waals surface area (Å²) in [4.78, 5) is 0.314. The Balaban J connectivity index is 1.99. The highest BCUT2D eigenvalue weighted by Crippen LogP contribution is 2.55. The number of aryl methyl sites for hydroxylation is 1. The third-order valence-corrected chi connectivity index (χ3v) is 7.16. The van der Waals surface area contributed by atoms with Crippen LogP contribution in [0.3, 0.4) is 0 Å². The largest absolute Gasteiger partial charge is 0.383 e. The van der Waals surface area contributed by atoms with Crippen LogP contribution < -0.4 is 5.73 Å². The van der Waals surface area contributed by atoms with Gasteiger partial charge in [-0.1, -0.05) is 49.4 Å². The summed E-state index contributed by atoms with van der Waals surface area (Å²) in [5.41, 5.74) is 7.75. The topological polar surface area (TPSA) is 69.4 Å². The Kier molecular flexibility index (Phi) is 4.51. The monoisotopic (exact) mass is 345 g/mol. The molecule has 1 saturated carbocycles. The van der Waals surface area contributed by atoms with Gasteiger partial charge >= 0.3 is 0 Å². The average molecular weight is 345 g/mol. The van der Waals surface area contributed by atoms with Crippen LogP contribution in [0, 0.1) is 0 Å². The number of rotatable bonds is 6. The Hall–Kier alpha value is -1.69. The van der Waals surface area contributed by atoms with Gasteiger partial charge in [0.1, 0.15) is 0 Å². The number of benzene rings is 2. The first-order chi connectivity index (χ1) is 11.4. The second-order valence-corrected chi connectivity index (χ2v) is 8.47. The lowest BCUT2D eigenvalue weighted by Gasteiger charge is -2.11. The van der Waals surface area contributed by atoms with E-state index in [0.29, 0.717) is 4.90 Å². The molecule has 0 unspecified atom stereocenters. The van der Waals surface area contributed by atoms with Crippen molar-refractivity contribution in [1.29, 1.82) is 0 Å². The van der Waals surface area contributed by atoms with Crippen LogP contribution in [0.15, 0.2) is 59.5 Å². The molecule has 128 valence electrons. The molecule has 0 radical (unpaired) electrons. The molecular weight excluding hydrogens is 322 g/mol. The van der Waals surface area contributed by atoms with Crippen LogP contribution in [-0.4, -0.2) is 32.9 Å². The first kappa shape index (κ1) is 17.1. The molecule has 24 heavy (non-hydrogen) atoms. The van der Waals surface area contributed by atoms with Crippen molar-refractivity contribution < 1.29 is 13.2 Å².